The fraction of sp³-hybridized carbons (Fsp3) is 0.167. The number of carbonyl (C=O) groups excluding carboxylic acids is 1. The minimum Gasteiger partial charge on any atom is -0.494 e. The molecule has 0 saturated carbocycles. The Kier molecular flexibility index (Phi) is 5.74. The summed E-state index contributed by atoms with van der Waals surface area (Å²) in [6.07, 6.45) is 3.89. The van der Waals surface area contributed by atoms with Gasteiger partial charge in [-0.15, -0.1) is 0 Å². The van der Waals surface area contributed by atoms with Gasteiger partial charge in [-0.05, 0) is 41.3 Å². The van der Waals surface area contributed by atoms with Crippen LogP contribution in [0.1, 0.15) is 18.9 Å². The molecule has 0 aliphatic rings. The highest BCUT2D eigenvalue weighted by Crippen LogP contribution is 2.29. The van der Waals surface area contributed by atoms with Gasteiger partial charge in [-0.25, -0.2) is 5.48 Å². The van der Waals surface area contributed by atoms with Crippen LogP contribution >= 0.6 is 0 Å². The van der Waals surface area contributed by atoms with E-state index in [9.17, 15) is 4.79 Å². The van der Waals surface area contributed by atoms with Crippen LogP contribution < -0.4 is 10.2 Å². The molecule has 2 rings (SSSR count). The van der Waals surface area contributed by atoms with E-state index in [0.29, 0.717) is 6.61 Å². The van der Waals surface area contributed by atoms with Crippen molar-refractivity contribution in [2.75, 3.05) is 6.61 Å². The number of hydrogen-bond donors (Lipinski definition) is 2. The number of amides is 1. The van der Waals surface area contributed by atoms with E-state index in [2.05, 4.69) is 6.92 Å². The van der Waals surface area contributed by atoms with E-state index < -0.39 is 5.91 Å². The minimum atomic E-state index is -0.565. The zero-order chi connectivity index (χ0) is 15.8. The van der Waals surface area contributed by atoms with Crippen LogP contribution in [0.25, 0.3) is 17.2 Å². The Balaban J connectivity index is 2.39. The first kappa shape index (κ1) is 15.8. The summed E-state index contributed by atoms with van der Waals surface area (Å²) in [5.74, 6) is 0.231. The molecule has 0 radical (unpaired) electrons. The lowest BCUT2D eigenvalue weighted by atomic mass is 9.99. The maximum atomic E-state index is 11.2. The van der Waals surface area contributed by atoms with Crippen molar-refractivity contribution in [3.8, 4) is 16.9 Å². The molecule has 4 nitrogen and oxygen atoms in total. The zero-order valence-electron chi connectivity index (χ0n) is 12.5. The Labute approximate surface area is 130 Å². The Morgan fingerprint density at radius 3 is 2.68 bits per heavy atom. The zero-order valence-corrected chi connectivity index (χ0v) is 12.5. The molecule has 2 aromatic carbocycles. The highest BCUT2D eigenvalue weighted by atomic mass is 16.5. The summed E-state index contributed by atoms with van der Waals surface area (Å²) < 4.78 is 5.68. The Morgan fingerprint density at radius 1 is 1.23 bits per heavy atom. The molecule has 22 heavy (non-hydrogen) atoms. The Hall–Kier alpha value is -2.59. The summed E-state index contributed by atoms with van der Waals surface area (Å²) in [5.41, 5.74) is 4.46. The quantitative estimate of drug-likeness (QED) is 0.486. The van der Waals surface area contributed by atoms with Crippen LogP contribution in [0, 0.1) is 0 Å². The highest BCUT2D eigenvalue weighted by Gasteiger charge is 2.06. The van der Waals surface area contributed by atoms with Crippen LogP contribution in [0.15, 0.2) is 54.6 Å². The molecule has 1 amide bonds. The second-order valence-corrected chi connectivity index (χ2v) is 4.77. The predicted octanol–water partition coefficient (Wildman–Crippen LogP) is 3.66. The predicted molar refractivity (Wildman–Crippen MR) is 86.6 cm³/mol. The monoisotopic (exact) mass is 297 g/mol. The molecule has 4 heteroatoms. The lowest BCUT2D eigenvalue weighted by Crippen LogP contribution is -2.14. The Morgan fingerprint density at radius 2 is 2.00 bits per heavy atom. The lowest BCUT2D eigenvalue weighted by molar-refractivity contribution is -0.124. The summed E-state index contributed by atoms with van der Waals surface area (Å²) in [5, 5.41) is 8.57. The molecule has 0 saturated heterocycles. The molecule has 0 bridgehead atoms. The number of ether oxygens (including phenoxy) is 1. The van der Waals surface area contributed by atoms with Gasteiger partial charge in [-0.3, -0.25) is 10.0 Å². The van der Waals surface area contributed by atoms with Gasteiger partial charge < -0.3 is 4.74 Å². The number of benzene rings is 2. The fourth-order valence-corrected chi connectivity index (χ4v) is 2.06. The van der Waals surface area contributed by atoms with E-state index in [-0.39, 0.29) is 0 Å². The van der Waals surface area contributed by atoms with Crippen LogP contribution in [-0.4, -0.2) is 17.7 Å². The van der Waals surface area contributed by atoms with E-state index in [4.69, 9.17) is 9.94 Å². The fourth-order valence-electron chi connectivity index (χ4n) is 2.06. The summed E-state index contributed by atoms with van der Waals surface area (Å²) in [6, 6.07) is 15.6. The van der Waals surface area contributed by atoms with Crippen molar-refractivity contribution in [1.29, 1.82) is 0 Å². The van der Waals surface area contributed by atoms with Gasteiger partial charge >= 0.3 is 0 Å². The third-order valence-electron chi connectivity index (χ3n) is 3.11. The van der Waals surface area contributed by atoms with Crippen LogP contribution in [0.5, 0.6) is 5.75 Å². The summed E-state index contributed by atoms with van der Waals surface area (Å²) >= 11 is 0. The van der Waals surface area contributed by atoms with Gasteiger partial charge in [0.2, 0.25) is 0 Å². The van der Waals surface area contributed by atoms with Crippen molar-refractivity contribution < 1.29 is 14.7 Å². The maximum absolute atomic E-state index is 11.2. The van der Waals surface area contributed by atoms with Gasteiger partial charge in [0, 0.05) is 6.08 Å². The third-order valence-corrected chi connectivity index (χ3v) is 3.11. The SMILES string of the molecule is CCCOc1ccc(/C=C/C(=O)NO)c(-c2ccccc2)c1. The largest absolute Gasteiger partial charge is 0.494 e. The van der Waals surface area contributed by atoms with Crippen molar-refractivity contribution in [3.63, 3.8) is 0 Å². The summed E-state index contributed by atoms with van der Waals surface area (Å²) in [6.45, 7) is 2.72. The summed E-state index contributed by atoms with van der Waals surface area (Å²) in [4.78, 5) is 11.2. The molecule has 0 aliphatic carbocycles. The van der Waals surface area contributed by atoms with Gasteiger partial charge in [0.25, 0.3) is 5.91 Å². The minimum absolute atomic E-state index is 0.565. The Bertz CT molecular complexity index is 651. The van der Waals surface area contributed by atoms with Gasteiger partial charge in [-0.2, -0.15) is 0 Å². The first-order valence-corrected chi connectivity index (χ1v) is 7.19. The number of rotatable bonds is 6. The van der Waals surface area contributed by atoms with Gasteiger partial charge in [0.05, 0.1) is 6.61 Å². The molecule has 0 fully saturated rings. The smallest absolute Gasteiger partial charge is 0.267 e. The molecule has 2 N–H and O–H groups in total. The third kappa shape index (κ3) is 4.20. The molecule has 0 atom stereocenters. The summed E-state index contributed by atoms with van der Waals surface area (Å²) in [7, 11) is 0. The first-order chi connectivity index (χ1) is 10.7. The van der Waals surface area contributed by atoms with Crippen LogP contribution in [-0.2, 0) is 4.79 Å². The second kappa shape index (κ2) is 8.00. The van der Waals surface area contributed by atoms with E-state index in [0.717, 1.165) is 28.9 Å². The van der Waals surface area contributed by atoms with Crippen LogP contribution in [0.3, 0.4) is 0 Å². The van der Waals surface area contributed by atoms with E-state index in [1.54, 1.807) is 11.6 Å². The van der Waals surface area contributed by atoms with Crippen molar-refractivity contribution >= 4 is 12.0 Å². The number of nitrogens with one attached hydrogen (secondary N) is 1. The molecule has 2 aromatic rings. The van der Waals surface area contributed by atoms with Crippen molar-refractivity contribution in [3.05, 3.63) is 60.2 Å². The normalized spacial score (nSPS) is 10.6. The van der Waals surface area contributed by atoms with Gasteiger partial charge in [0.15, 0.2) is 0 Å². The van der Waals surface area contributed by atoms with Crippen molar-refractivity contribution in [2.45, 2.75) is 13.3 Å². The molecule has 0 heterocycles. The standard InChI is InChI=1S/C18H19NO3/c1-2-12-22-16-10-8-15(9-11-18(20)19-21)17(13-16)14-6-4-3-5-7-14/h3-11,13,21H,2,12H2,1H3,(H,19,20)/b11-9+. The second-order valence-electron chi connectivity index (χ2n) is 4.77. The van der Waals surface area contributed by atoms with Gasteiger partial charge in [-0.1, -0.05) is 43.3 Å². The average Bonchev–Trinajstić information content (AvgIpc) is 2.58. The number of hydroxylamine groups is 1. The molecular formula is C18H19NO3. The molecule has 0 aliphatic heterocycles. The van der Waals surface area contributed by atoms with E-state index >= 15 is 0 Å². The number of carbonyl (C=O) groups is 1. The molecule has 0 spiro atoms. The van der Waals surface area contributed by atoms with Crippen LogP contribution in [0.4, 0.5) is 0 Å². The molecule has 114 valence electrons. The maximum Gasteiger partial charge on any atom is 0.267 e. The highest BCUT2D eigenvalue weighted by molar-refractivity contribution is 5.92. The van der Waals surface area contributed by atoms with E-state index in [1.807, 2.05) is 48.5 Å². The first-order valence-electron chi connectivity index (χ1n) is 7.19. The van der Waals surface area contributed by atoms with Gasteiger partial charge in [0.1, 0.15) is 5.75 Å². The topological polar surface area (TPSA) is 58.6 Å². The van der Waals surface area contributed by atoms with E-state index in [1.165, 1.54) is 6.08 Å². The number of hydrogen-bond acceptors (Lipinski definition) is 3. The molecular weight excluding hydrogens is 278 g/mol. The lowest BCUT2D eigenvalue weighted by Gasteiger charge is -2.11. The van der Waals surface area contributed by atoms with Crippen molar-refractivity contribution in [1.82, 2.24) is 5.48 Å². The molecule has 0 aromatic heterocycles. The van der Waals surface area contributed by atoms with Crippen molar-refractivity contribution in [2.24, 2.45) is 0 Å². The molecule has 0 unspecified atom stereocenters. The van der Waals surface area contributed by atoms with Crippen LogP contribution in [0.2, 0.25) is 0 Å². The average molecular weight is 297 g/mol.